The first-order valence-corrected chi connectivity index (χ1v) is 17.1. The highest BCUT2D eigenvalue weighted by molar-refractivity contribution is 6.00. The van der Waals surface area contributed by atoms with E-state index in [4.69, 9.17) is 38.9 Å². The van der Waals surface area contributed by atoms with Crippen LogP contribution in [-0.4, -0.2) is 104 Å². The Bertz CT molecular complexity index is 1430. The van der Waals surface area contributed by atoms with Crippen molar-refractivity contribution in [2.45, 2.75) is 45.8 Å². The molecule has 0 spiro atoms. The fourth-order valence-corrected chi connectivity index (χ4v) is 4.66. The number of hydrogen-bond donors (Lipinski definition) is 3. The number of rotatable bonds is 22. The number of ether oxygens (including phenoxy) is 7. The van der Waals surface area contributed by atoms with Crippen molar-refractivity contribution in [1.29, 1.82) is 0 Å². The van der Waals surface area contributed by atoms with E-state index in [1.807, 2.05) is 82.3 Å². The van der Waals surface area contributed by atoms with Crippen LogP contribution in [0, 0.1) is 0 Å². The number of esters is 1. The van der Waals surface area contributed by atoms with Gasteiger partial charge in [0.15, 0.2) is 0 Å². The molecule has 0 aromatic heterocycles. The highest BCUT2D eigenvalue weighted by atomic mass is 16.6. The van der Waals surface area contributed by atoms with Crippen molar-refractivity contribution in [1.82, 2.24) is 10.6 Å². The van der Waals surface area contributed by atoms with Crippen LogP contribution in [0.4, 0.5) is 4.79 Å². The smallest absolute Gasteiger partial charge is 0.407 e. The van der Waals surface area contributed by atoms with E-state index in [-0.39, 0.29) is 18.1 Å². The Morgan fingerprint density at radius 1 is 0.784 bits per heavy atom. The van der Waals surface area contributed by atoms with Crippen molar-refractivity contribution in [2.75, 3.05) is 79.7 Å². The van der Waals surface area contributed by atoms with Gasteiger partial charge in [-0.15, -0.1) is 0 Å². The lowest BCUT2D eigenvalue weighted by molar-refractivity contribution is -0.141. The van der Waals surface area contributed by atoms with Gasteiger partial charge in [0, 0.05) is 18.5 Å². The minimum atomic E-state index is -0.457. The molecule has 282 valence electrons. The molecular formula is C38H55N3O10. The third-order valence-electron chi connectivity index (χ3n) is 6.96. The lowest BCUT2D eigenvalue weighted by atomic mass is 9.95. The van der Waals surface area contributed by atoms with Crippen molar-refractivity contribution in [3.63, 3.8) is 0 Å². The van der Waals surface area contributed by atoms with E-state index in [1.54, 1.807) is 0 Å². The van der Waals surface area contributed by atoms with Crippen LogP contribution in [0.2, 0.25) is 0 Å². The Kier molecular flexibility index (Phi) is 20.9. The van der Waals surface area contributed by atoms with Crippen molar-refractivity contribution in [2.24, 2.45) is 5.73 Å². The standard InChI is InChI=1S/C31H40N2O8.C7H15NO2/c1-36-31(35)22-29(33-23-34)25-8-6-24(7-9-25)26-10-11-30(28-5-3-2-4-27(26)28)41-21-20-40-19-18-39-17-16-38-15-14-37-13-12-32;1-5-8-6(9)10-7(2,3)4/h2-11,23,29H,12-22,32H2,1H3,(H,33,34);5H2,1-4H3,(H,8,9). The third-order valence-corrected chi connectivity index (χ3v) is 6.96. The molecule has 1 unspecified atom stereocenters. The van der Waals surface area contributed by atoms with Gasteiger partial charge in [-0.25, -0.2) is 4.79 Å². The first-order chi connectivity index (χ1) is 24.6. The molecule has 3 aromatic carbocycles. The summed E-state index contributed by atoms with van der Waals surface area (Å²) in [4.78, 5) is 33.5. The van der Waals surface area contributed by atoms with E-state index in [9.17, 15) is 14.4 Å². The SMILES string of the molecule is CCNC(=O)OC(C)(C)C.COC(=O)CC(NC=O)c1ccc(-c2ccc(OCCOCCOCCOCCOCCN)c3ccccc23)cc1. The molecule has 0 bridgehead atoms. The second kappa shape index (κ2) is 24.8. The fraction of sp³-hybridized carbons (Fsp3) is 0.500. The Labute approximate surface area is 301 Å². The van der Waals surface area contributed by atoms with Gasteiger partial charge in [0.25, 0.3) is 0 Å². The average molecular weight is 714 g/mol. The Morgan fingerprint density at radius 2 is 1.35 bits per heavy atom. The molecule has 0 aliphatic heterocycles. The minimum Gasteiger partial charge on any atom is -0.491 e. The Morgan fingerprint density at radius 3 is 1.88 bits per heavy atom. The van der Waals surface area contributed by atoms with Crippen LogP contribution < -0.4 is 21.1 Å². The van der Waals surface area contributed by atoms with Crippen molar-refractivity contribution < 1.29 is 47.5 Å². The number of nitrogens with two attached hydrogens (primary N) is 1. The average Bonchev–Trinajstić information content (AvgIpc) is 3.11. The van der Waals surface area contributed by atoms with Gasteiger partial charge in [-0.1, -0.05) is 54.6 Å². The molecular weight excluding hydrogens is 658 g/mol. The van der Waals surface area contributed by atoms with E-state index >= 15 is 0 Å². The number of amides is 2. The first kappa shape index (κ1) is 42.9. The number of benzene rings is 3. The zero-order valence-electron chi connectivity index (χ0n) is 30.6. The third kappa shape index (κ3) is 17.5. The number of carbonyl (C=O) groups is 3. The van der Waals surface area contributed by atoms with Crippen molar-refractivity contribution in [3.05, 3.63) is 66.2 Å². The lowest BCUT2D eigenvalue weighted by Crippen LogP contribution is -2.32. The monoisotopic (exact) mass is 713 g/mol. The molecule has 1 atom stereocenters. The molecule has 13 heteroatoms. The summed E-state index contributed by atoms with van der Waals surface area (Å²) in [6.07, 6.45) is 0.296. The molecule has 13 nitrogen and oxygen atoms in total. The predicted octanol–water partition coefficient (Wildman–Crippen LogP) is 4.79. The summed E-state index contributed by atoms with van der Waals surface area (Å²) < 4.78 is 37.5. The highest BCUT2D eigenvalue weighted by Crippen LogP contribution is 2.35. The Balaban J connectivity index is 0.000000783. The quantitative estimate of drug-likeness (QED) is 0.0745. The van der Waals surface area contributed by atoms with Crippen LogP contribution in [0.15, 0.2) is 60.7 Å². The highest BCUT2D eigenvalue weighted by Gasteiger charge is 2.17. The maximum atomic E-state index is 11.7. The summed E-state index contributed by atoms with van der Waals surface area (Å²) in [5.74, 6) is 0.387. The molecule has 0 radical (unpaired) electrons. The van der Waals surface area contributed by atoms with Crippen LogP contribution in [0.1, 0.15) is 45.7 Å². The summed E-state index contributed by atoms with van der Waals surface area (Å²) in [6, 6.07) is 19.4. The van der Waals surface area contributed by atoms with Crippen LogP contribution >= 0.6 is 0 Å². The number of hydrogen-bond acceptors (Lipinski definition) is 11. The van der Waals surface area contributed by atoms with Crippen LogP contribution in [0.3, 0.4) is 0 Å². The van der Waals surface area contributed by atoms with Gasteiger partial charge in [-0.2, -0.15) is 0 Å². The van der Waals surface area contributed by atoms with Crippen molar-refractivity contribution >= 4 is 29.2 Å². The maximum Gasteiger partial charge on any atom is 0.407 e. The summed E-state index contributed by atoms with van der Waals surface area (Å²) >= 11 is 0. The van der Waals surface area contributed by atoms with E-state index in [1.165, 1.54) is 7.11 Å². The molecule has 0 aliphatic carbocycles. The summed E-state index contributed by atoms with van der Waals surface area (Å²) in [5.41, 5.74) is 7.84. The molecule has 2 amide bonds. The van der Waals surface area contributed by atoms with Crippen LogP contribution in [0.5, 0.6) is 5.75 Å². The topological polar surface area (TPSA) is 166 Å². The summed E-state index contributed by atoms with van der Waals surface area (Å²) in [5, 5.41) is 7.28. The minimum absolute atomic E-state index is 0.0573. The van der Waals surface area contributed by atoms with Crippen molar-refractivity contribution in [3.8, 4) is 16.9 Å². The van der Waals surface area contributed by atoms with Gasteiger partial charge in [0.2, 0.25) is 6.41 Å². The van der Waals surface area contributed by atoms with Gasteiger partial charge in [0.05, 0.1) is 72.4 Å². The largest absolute Gasteiger partial charge is 0.491 e. The molecule has 3 aromatic rings. The number of carbonyl (C=O) groups excluding carboxylic acids is 3. The number of fused-ring (bicyclic) bond motifs is 1. The van der Waals surface area contributed by atoms with E-state index in [2.05, 4.69) is 16.7 Å². The zero-order chi connectivity index (χ0) is 37.3. The number of alkyl carbamates (subject to hydrolysis) is 1. The fourth-order valence-electron chi connectivity index (χ4n) is 4.66. The van der Waals surface area contributed by atoms with Crippen LogP contribution in [0.25, 0.3) is 21.9 Å². The van der Waals surface area contributed by atoms with E-state index in [0.717, 1.165) is 33.2 Å². The van der Waals surface area contributed by atoms with Crippen LogP contribution in [-0.2, 0) is 38.0 Å². The molecule has 3 rings (SSSR count). The van der Waals surface area contributed by atoms with Gasteiger partial charge >= 0.3 is 12.1 Å². The summed E-state index contributed by atoms with van der Waals surface area (Å²) in [6.45, 7) is 12.9. The molecule has 51 heavy (non-hydrogen) atoms. The first-order valence-electron chi connectivity index (χ1n) is 17.1. The van der Waals surface area contributed by atoms with Gasteiger partial charge in [-0.05, 0) is 55.8 Å². The molecule has 4 N–H and O–H groups in total. The van der Waals surface area contributed by atoms with Gasteiger partial charge < -0.3 is 49.5 Å². The molecule has 0 saturated heterocycles. The van der Waals surface area contributed by atoms with E-state index in [0.29, 0.717) is 79.0 Å². The zero-order valence-corrected chi connectivity index (χ0v) is 30.6. The van der Waals surface area contributed by atoms with E-state index < -0.39 is 12.0 Å². The van der Waals surface area contributed by atoms with Gasteiger partial charge in [0.1, 0.15) is 18.0 Å². The number of methoxy groups -OCH3 is 1. The molecule has 0 aliphatic rings. The molecule has 0 heterocycles. The second-order valence-corrected chi connectivity index (χ2v) is 12.0. The normalized spacial score (nSPS) is 11.6. The Hall–Kier alpha value is -4.27. The lowest BCUT2D eigenvalue weighted by Gasteiger charge is -2.19. The predicted molar refractivity (Wildman–Crippen MR) is 196 cm³/mol. The summed E-state index contributed by atoms with van der Waals surface area (Å²) in [7, 11) is 1.33. The maximum absolute atomic E-state index is 11.7. The molecule has 0 saturated carbocycles. The molecule has 0 fully saturated rings. The second-order valence-electron chi connectivity index (χ2n) is 12.0. The number of nitrogens with one attached hydrogen (secondary N) is 2. The van der Waals surface area contributed by atoms with Gasteiger partial charge in [-0.3, -0.25) is 9.59 Å².